The van der Waals surface area contributed by atoms with Crippen molar-refractivity contribution in [2.24, 2.45) is 0 Å². The Labute approximate surface area is 115 Å². The van der Waals surface area contributed by atoms with Gasteiger partial charge in [-0.1, -0.05) is 0 Å². The summed E-state index contributed by atoms with van der Waals surface area (Å²) in [6, 6.07) is 9.74. The van der Waals surface area contributed by atoms with Crippen molar-refractivity contribution in [2.45, 2.75) is 4.21 Å². The van der Waals surface area contributed by atoms with Gasteiger partial charge in [0.15, 0.2) is 0 Å². The number of anilines is 2. The van der Waals surface area contributed by atoms with Crippen LogP contribution in [0.5, 0.6) is 0 Å². The molecule has 0 amide bonds. The van der Waals surface area contributed by atoms with E-state index in [1.54, 1.807) is 29.6 Å². The first-order chi connectivity index (χ1) is 8.95. The zero-order valence-electron chi connectivity index (χ0n) is 10.1. The van der Waals surface area contributed by atoms with Gasteiger partial charge in [-0.2, -0.15) is 5.26 Å². The number of nitrogen functional groups attached to an aromatic ring is 1. The van der Waals surface area contributed by atoms with Crippen LogP contribution in [0.3, 0.4) is 0 Å². The lowest BCUT2D eigenvalue weighted by Gasteiger charge is -2.18. The van der Waals surface area contributed by atoms with E-state index in [-0.39, 0.29) is 4.21 Å². The van der Waals surface area contributed by atoms with E-state index in [0.717, 1.165) is 11.3 Å². The summed E-state index contributed by atoms with van der Waals surface area (Å²) in [6.07, 6.45) is 0. The second kappa shape index (κ2) is 4.91. The Morgan fingerprint density at radius 3 is 2.42 bits per heavy atom. The van der Waals surface area contributed by atoms with E-state index in [2.05, 4.69) is 0 Å². The van der Waals surface area contributed by atoms with Gasteiger partial charge < -0.3 is 5.73 Å². The topological polar surface area (TPSA) is 87.2 Å². The van der Waals surface area contributed by atoms with Crippen molar-refractivity contribution >= 4 is 32.7 Å². The maximum absolute atomic E-state index is 12.3. The Hall–Kier alpha value is -2.04. The normalized spacial score (nSPS) is 10.9. The van der Waals surface area contributed by atoms with E-state index < -0.39 is 10.0 Å². The number of rotatable bonds is 3. The molecule has 1 aromatic heterocycles. The summed E-state index contributed by atoms with van der Waals surface area (Å²) in [5.74, 6) is 0. The molecule has 7 heteroatoms. The Bertz CT molecular complexity index is 727. The summed E-state index contributed by atoms with van der Waals surface area (Å²) >= 11 is 1.08. The molecule has 1 aromatic carbocycles. The molecular weight excluding hydrogens is 282 g/mol. The van der Waals surface area contributed by atoms with Crippen LogP contribution in [-0.2, 0) is 10.0 Å². The highest BCUT2D eigenvalue weighted by atomic mass is 32.2. The molecule has 0 bridgehead atoms. The molecule has 2 rings (SSSR count). The van der Waals surface area contributed by atoms with Crippen molar-refractivity contribution in [2.75, 3.05) is 17.1 Å². The number of thiophene rings is 1. The van der Waals surface area contributed by atoms with E-state index in [0.29, 0.717) is 16.9 Å². The molecular formula is C12H11N3O2S2. The average molecular weight is 293 g/mol. The minimum Gasteiger partial charge on any atom is -0.398 e. The van der Waals surface area contributed by atoms with Crippen molar-refractivity contribution in [3.63, 3.8) is 0 Å². The second-order valence-corrected chi connectivity index (χ2v) is 6.94. The molecule has 0 radical (unpaired) electrons. The Balaban J connectivity index is 2.37. The largest absolute Gasteiger partial charge is 0.398 e. The lowest BCUT2D eigenvalue weighted by molar-refractivity contribution is 0.596. The number of nitrogens with two attached hydrogens (primary N) is 1. The summed E-state index contributed by atoms with van der Waals surface area (Å²) in [4.78, 5) is 0. The third kappa shape index (κ3) is 2.54. The SMILES string of the molecule is CN(c1ccc(C#N)cc1)S(=O)(=O)c1cc(N)cs1. The fourth-order valence-electron chi connectivity index (χ4n) is 1.49. The fourth-order valence-corrected chi connectivity index (χ4v) is 3.93. The minimum absolute atomic E-state index is 0.192. The van der Waals surface area contributed by atoms with Crippen LogP contribution in [0.1, 0.15) is 5.56 Å². The number of hydrogen-bond donors (Lipinski definition) is 1. The number of hydrogen-bond acceptors (Lipinski definition) is 5. The molecule has 1 heterocycles. The lowest BCUT2D eigenvalue weighted by atomic mass is 10.2. The monoisotopic (exact) mass is 293 g/mol. The van der Waals surface area contributed by atoms with Gasteiger partial charge in [-0.25, -0.2) is 8.42 Å². The molecule has 0 unspecified atom stereocenters. The van der Waals surface area contributed by atoms with Crippen LogP contribution in [0.2, 0.25) is 0 Å². The van der Waals surface area contributed by atoms with Crippen LogP contribution >= 0.6 is 11.3 Å². The predicted octanol–water partition coefficient (Wildman–Crippen LogP) is 2.03. The first-order valence-corrected chi connectivity index (χ1v) is 7.60. The zero-order valence-corrected chi connectivity index (χ0v) is 11.7. The first-order valence-electron chi connectivity index (χ1n) is 5.28. The molecule has 2 N–H and O–H groups in total. The molecule has 2 aromatic rings. The van der Waals surface area contributed by atoms with Gasteiger partial charge in [0.1, 0.15) is 4.21 Å². The van der Waals surface area contributed by atoms with Gasteiger partial charge in [-0.15, -0.1) is 11.3 Å². The summed E-state index contributed by atoms with van der Waals surface area (Å²) in [6.45, 7) is 0. The van der Waals surface area contributed by atoms with Crippen molar-refractivity contribution in [3.8, 4) is 6.07 Å². The molecule has 98 valence electrons. The number of sulfonamides is 1. The van der Waals surface area contributed by atoms with Crippen molar-refractivity contribution in [1.29, 1.82) is 5.26 Å². The average Bonchev–Trinajstić information content (AvgIpc) is 2.85. The van der Waals surface area contributed by atoms with E-state index in [4.69, 9.17) is 11.0 Å². The molecule has 0 aliphatic rings. The maximum Gasteiger partial charge on any atom is 0.273 e. The summed E-state index contributed by atoms with van der Waals surface area (Å²) in [5, 5.41) is 10.3. The van der Waals surface area contributed by atoms with Crippen molar-refractivity contribution < 1.29 is 8.42 Å². The predicted molar refractivity (Wildman–Crippen MR) is 75.5 cm³/mol. The van der Waals surface area contributed by atoms with E-state index in [1.165, 1.54) is 17.4 Å². The molecule has 0 saturated heterocycles. The van der Waals surface area contributed by atoms with Crippen LogP contribution in [0, 0.1) is 11.3 Å². The summed E-state index contributed by atoms with van der Waals surface area (Å²) in [7, 11) is -2.14. The maximum atomic E-state index is 12.3. The molecule has 0 atom stereocenters. The Kier molecular flexibility index (Phi) is 3.46. The highest BCUT2D eigenvalue weighted by molar-refractivity contribution is 7.94. The standard InChI is InChI=1S/C12H11N3O2S2/c1-15(11-4-2-9(7-13)3-5-11)19(16,17)12-6-10(14)8-18-12/h2-6,8H,14H2,1H3. The van der Waals surface area contributed by atoms with Crippen LogP contribution in [0.4, 0.5) is 11.4 Å². The first kappa shape index (κ1) is 13.4. The smallest absolute Gasteiger partial charge is 0.273 e. The third-order valence-corrected chi connectivity index (χ3v) is 5.79. The van der Waals surface area contributed by atoms with Gasteiger partial charge in [-0.05, 0) is 30.3 Å². The summed E-state index contributed by atoms with van der Waals surface area (Å²) < 4.78 is 26.0. The number of nitrogens with zero attached hydrogens (tertiary/aromatic N) is 2. The summed E-state index contributed by atoms with van der Waals surface area (Å²) in [5.41, 5.74) is 6.94. The van der Waals surface area contributed by atoms with Gasteiger partial charge in [0.2, 0.25) is 0 Å². The van der Waals surface area contributed by atoms with Crippen LogP contribution in [-0.4, -0.2) is 15.5 Å². The van der Waals surface area contributed by atoms with Gasteiger partial charge in [-0.3, -0.25) is 4.31 Å². The Morgan fingerprint density at radius 2 is 1.95 bits per heavy atom. The van der Waals surface area contributed by atoms with Gasteiger partial charge >= 0.3 is 0 Å². The van der Waals surface area contributed by atoms with Gasteiger partial charge in [0.05, 0.1) is 17.3 Å². The molecule has 0 spiro atoms. The minimum atomic E-state index is -3.60. The highest BCUT2D eigenvalue weighted by Crippen LogP contribution is 2.27. The van der Waals surface area contributed by atoms with E-state index >= 15 is 0 Å². The van der Waals surface area contributed by atoms with Crippen LogP contribution in [0.25, 0.3) is 0 Å². The second-order valence-electron chi connectivity index (χ2n) is 3.83. The van der Waals surface area contributed by atoms with Crippen LogP contribution in [0.15, 0.2) is 39.9 Å². The van der Waals surface area contributed by atoms with Gasteiger partial charge in [0.25, 0.3) is 10.0 Å². The molecule has 0 saturated carbocycles. The van der Waals surface area contributed by atoms with Crippen LogP contribution < -0.4 is 10.0 Å². The quantitative estimate of drug-likeness (QED) is 0.938. The Morgan fingerprint density at radius 1 is 1.32 bits per heavy atom. The lowest BCUT2D eigenvalue weighted by Crippen LogP contribution is -2.25. The molecule has 0 aliphatic carbocycles. The van der Waals surface area contributed by atoms with E-state index in [1.807, 2.05) is 6.07 Å². The zero-order chi connectivity index (χ0) is 14.0. The molecule has 0 fully saturated rings. The highest BCUT2D eigenvalue weighted by Gasteiger charge is 2.22. The number of benzene rings is 1. The molecule has 5 nitrogen and oxygen atoms in total. The third-order valence-electron chi connectivity index (χ3n) is 2.57. The van der Waals surface area contributed by atoms with E-state index in [9.17, 15) is 8.42 Å². The van der Waals surface area contributed by atoms with Crippen molar-refractivity contribution in [1.82, 2.24) is 0 Å². The molecule has 0 aliphatic heterocycles. The van der Waals surface area contributed by atoms with Crippen molar-refractivity contribution in [3.05, 3.63) is 41.3 Å². The molecule has 19 heavy (non-hydrogen) atoms. The number of nitriles is 1. The fraction of sp³-hybridized carbons (Fsp3) is 0.0833. The van der Waals surface area contributed by atoms with Gasteiger partial charge in [0, 0.05) is 18.1 Å².